The lowest BCUT2D eigenvalue weighted by Crippen LogP contribution is -2.10. The van der Waals surface area contributed by atoms with Gasteiger partial charge in [-0.05, 0) is 116 Å². The Morgan fingerprint density at radius 1 is 0.339 bits per heavy atom. The molecule has 3 heteroatoms. The maximum Gasteiger partial charge on any atom is 0.136 e. The summed E-state index contributed by atoms with van der Waals surface area (Å²) < 4.78 is 9.13. The predicted molar refractivity (Wildman–Crippen MR) is 253 cm³/mol. The van der Waals surface area contributed by atoms with E-state index >= 15 is 0 Å². The minimum Gasteiger partial charge on any atom is -0.456 e. The third-order valence-corrected chi connectivity index (χ3v) is 13.0. The SMILES string of the molecule is c1ccc(-c2cc(N(c3ccc(-c4cccc5ccccc45)cc3)c3cccc4sc5ccccc5c34)ccc2-c2cccc3oc4cc5ccccc5cc4c23)cc1. The number of thiophene rings is 1. The summed E-state index contributed by atoms with van der Waals surface area (Å²) in [7, 11) is 0. The Bertz CT molecular complexity index is 3550. The molecular formula is C56H35NOS. The zero-order chi connectivity index (χ0) is 38.9. The molecule has 0 fully saturated rings. The van der Waals surface area contributed by atoms with Crippen LogP contribution in [-0.2, 0) is 0 Å². The van der Waals surface area contributed by atoms with Crippen LogP contribution in [0.4, 0.5) is 17.1 Å². The summed E-state index contributed by atoms with van der Waals surface area (Å²) in [6.07, 6.45) is 0. The van der Waals surface area contributed by atoms with Gasteiger partial charge in [-0.15, -0.1) is 11.3 Å². The molecule has 0 saturated heterocycles. The Hall–Kier alpha value is -7.46. The van der Waals surface area contributed by atoms with Crippen molar-refractivity contribution < 1.29 is 4.42 Å². The van der Waals surface area contributed by atoms with Gasteiger partial charge in [0.25, 0.3) is 0 Å². The summed E-state index contributed by atoms with van der Waals surface area (Å²) in [5, 5.41) is 9.67. The molecular weight excluding hydrogens is 735 g/mol. The molecule has 59 heavy (non-hydrogen) atoms. The molecule has 2 aromatic heterocycles. The van der Waals surface area contributed by atoms with E-state index in [9.17, 15) is 0 Å². The Balaban J connectivity index is 1.09. The highest BCUT2D eigenvalue weighted by molar-refractivity contribution is 7.26. The molecule has 0 aliphatic heterocycles. The third kappa shape index (κ3) is 5.55. The van der Waals surface area contributed by atoms with Crippen LogP contribution in [0.5, 0.6) is 0 Å². The number of benzene rings is 10. The van der Waals surface area contributed by atoms with Crippen LogP contribution in [0.1, 0.15) is 0 Å². The number of fused-ring (bicyclic) bond motifs is 8. The molecule has 0 amide bonds. The first-order valence-electron chi connectivity index (χ1n) is 20.1. The fourth-order valence-corrected chi connectivity index (χ4v) is 10.3. The number of anilines is 3. The normalized spacial score (nSPS) is 11.7. The second-order valence-corrected chi connectivity index (χ2v) is 16.3. The summed E-state index contributed by atoms with van der Waals surface area (Å²) in [4.78, 5) is 2.45. The molecule has 12 rings (SSSR count). The first kappa shape index (κ1) is 33.7. The van der Waals surface area contributed by atoms with Crippen molar-refractivity contribution in [3.8, 4) is 33.4 Å². The molecule has 276 valence electrons. The fourth-order valence-electron chi connectivity index (χ4n) is 9.14. The Morgan fingerprint density at radius 2 is 0.983 bits per heavy atom. The van der Waals surface area contributed by atoms with E-state index in [2.05, 4.69) is 217 Å². The summed E-state index contributed by atoms with van der Waals surface area (Å²) in [6, 6.07) is 77.1. The Labute approximate surface area is 345 Å². The third-order valence-electron chi connectivity index (χ3n) is 11.8. The molecule has 10 aromatic carbocycles. The number of furan rings is 1. The monoisotopic (exact) mass is 769 g/mol. The van der Waals surface area contributed by atoms with Gasteiger partial charge in [-0.1, -0.05) is 152 Å². The molecule has 0 atom stereocenters. The first-order valence-corrected chi connectivity index (χ1v) is 20.9. The summed E-state index contributed by atoms with van der Waals surface area (Å²) in [5.41, 5.74) is 12.2. The van der Waals surface area contributed by atoms with Crippen LogP contribution >= 0.6 is 11.3 Å². The summed E-state index contributed by atoms with van der Waals surface area (Å²) in [6.45, 7) is 0. The minimum absolute atomic E-state index is 0.889. The van der Waals surface area contributed by atoms with Gasteiger partial charge in [0.1, 0.15) is 11.2 Å². The van der Waals surface area contributed by atoms with Gasteiger partial charge in [-0.3, -0.25) is 0 Å². The summed E-state index contributed by atoms with van der Waals surface area (Å²) in [5.74, 6) is 0. The average Bonchev–Trinajstić information content (AvgIpc) is 3.87. The number of hydrogen-bond donors (Lipinski definition) is 0. The zero-order valence-electron chi connectivity index (χ0n) is 32.0. The topological polar surface area (TPSA) is 16.4 Å². The van der Waals surface area contributed by atoms with Crippen molar-refractivity contribution in [3.63, 3.8) is 0 Å². The van der Waals surface area contributed by atoms with E-state index in [1.807, 2.05) is 11.3 Å². The van der Waals surface area contributed by atoms with Gasteiger partial charge in [0.15, 0.2) is 0 Å². The molecule has 12 aromatic rings. The smallest absolute Gasteiger partial charge is 0.136 e. The molecule has 2 nitrogen and oxygen atoms in total. The molecule has 0 radical (unpaired) electrons. The molecule has 0 unspecified atom stereocenters. The Morgan fingerprint density at radius 3 is 1.85 bits per heavy atom. The van der Waals surface area contributed by atoms with E-state index in [4.69, 9.17) is 4.42 Å². The molecule has 0 aliphatic carbocycles. The van der Waals surface area contributed by atoms with Gasteiger partial charge in [0.2, 0.25) is 0 Å². The number of nitrogens with zero attached hydrogens (tertiary/aromatic N) is 1. The number of rotatable bonds is 6. The van der Waals surface area contributed by atoms with Gasteiger partial charge in [0, 0.05) is 42.3 Å². The summed E-state index contributed by atoms with van der Waals surface area (Å²) >= 11 is 1.85. The predicted octanol–water partition coefficient (Wildman–Crippen LogP) is 16.7. The van der Waals surface area contributed by atoms with Gasteiger partial charge in [-0.2, -0.15) is 0 Å². The van der Waals surface area contributed by atoms with Gasteiger partial charge in [0.05, 0.1) is 5.69 Å². The van der Waals surface area contributed by atoms with E-state index < -0.39 is 0 Å². The molecule has 0 bridgehead atoms. The Kier molecular flexibility index (Phi) is 7.75. The lowest BCUT2D eigenvalue weighted by molar-refractivity contribution is 0.669. The average molecular weight is 770 g/mol. The van der Waals surface area contributed by atoms with E-state index in [1.165, 1.54) is 52.8 Å². The lowest BCUT2D eigenvalue weighted by atomic mass is 9.91. The van der Waals surface area contributed by atoms with Crippen molar-refractivity contribution >= 4 is 92.1 Å². The largest absolute Gasteiger partial charge is 0.456 e. The van der Waals surface area contributed by atoms with E-state index in [1.54, 1.807) is 0 Å². The second kappa shape index (κ2) is 13.6. The quantitative estimate of drug-likeness (QED) is 0.167. The van der Waals surface area contributed by atoms with Crippen LogP contribution in [0, 0.1) is 0 Å². The van der Waals surface area contributed by atoms with Gasteiger partial charge < -0.3 is 9.32 Å². The second-order valence-electron chi connectivity index (χ2n) is 15.2. The van der Waals surface area contributed by atoms with Crippen molar-refractivity contribution in [1.29, 1.82) is 0 Å². The highest BCUT2D eigenvalue weighted by Gasteiger charge is 2.22. The van der Waals surface area contributed by atoms with E-state index in [0.717, 1.165) is 61.3 Å². The molecule has 0 saturated carbocycles. The number of hydrogen-bond acceptors (Lipinski definition) is 3. The maximum atomic E-state index is 6.57. The zero-order valence-corrected chi connectivity index (χ0v) is 32.8. The standard InChI is InChI=1S/C56H35NOS/c1-2-13-37(14-3-1)48-35-42(31-32-45(48)46-22-11-24-51-55(46)49-33-39-16-4-5-17-40(39)34-52(49)58-51)57(50-23-12-26-54-56(50)47-20-8-9-25-53(47)59-54)41-29-27-38(28-30-41)44-21-10-18-36-15-6-7-19-43(36)44/h1-35H. The highest BCUT2D eigenvalue weighted by Crippen LogP contribution is 2.48. The maximum absolute atomic E-state index is 6.57. The van der Waals surface area contributed by atoms with Gasteiger partial charge >= 0.3 is 0 Å². The first-order chi connectivity index (χ1) is 29.2. The van der Waals surface area contributed by atoms with Crippen molar-refractivity contribution in [2.24, 2.45) is 0 Å². The van der Waals surface area contributed by atoms with Crippen LogP contribution in [-0.4, -0.2) is 0 Å². The van der Waals surface area contributed by atoms with Crippen LogP contribution in [0.2, 0.25) is 0 Å². The van der Waals surface area contributed by atoms with Crippen molar-refractivity contribution in [2.75, 3.05) is 4.90 Å². The van der Waals surface area contributed by atoms with Crippen LogP contribution in [0.25, 0.3) is 97.0 Å². The van der Waals surface area contributed by atoms with Crippen LogP contribution < -0.4 is 4.90 Å². The molecule has 0 aliphatic rings. The minimum atomic E-state index is 0.889. The van der Waals surface area contributed by atoms with Crippen LogP contribution in [0.3, 0.4) is 0 Å². The van der Waals surface area contributed by atoms with Gasteiger partial charge in [-0.25, -0.2) is 0 Å². The highest BCUT2D eigenvalue weighted by atomic mass is 32.1. The molecule has 0 N–H and O–H groups in total. The van der Waals surface area contributed by atoms with Crippen molar-refractivity contribution in [1.82, 2.24) is 0 Å². The fraction of sp³-hybridized carbons (Fsp3) is 0. The van der Waals surface area contributed by atoms with Crippen LogP contribution in [0.15, 0.2) is 217 Å². The van der Waals surface area contributed by atoms with Crippen molar-refractivity contribution in [2.45, 2.75) is 0 Å². The molecule has 2 heterocycles. The van der Waals surface area contributed by atoms with E-state index in [-0.39, 0.29) is 0 Å². The molecule has 0 spiro atoms. The lowest BCUT2D eigenvalue weighted by Gasteiger charge is -2.28. The van der Waals surface area contributed by atoms with E-state index in [0.29, 0.717) is 0 Å². The van der Waals surface area contributed by atoms with Crippen molar-refractivity contribution in [3.05, 3.63) is 212 Å².